The minimum absolute atomic E-state index is 0.0826. The summed E-state index contributed by atoms with van der Waals surface area (Å²) in [6.07, 6.45) is 0.152. The van der Waals surface area contributed by atoms with Crippen LogP contribution in [0.1, 0.15) is 31.9 Å². The summed E-state index contributed by atoms with van der Waals surface area (Å²) in [5.74, 6) is -1.94. The van der Waals surface area contributed by atoms with Crippen LogP contribution < -0.4 is 9.62 Å². The van der Waals surface area contributed by atoms with E-state index >= 15 is 0 Å². The number of amides is 2. The molecule has 11 heteroatoms. The number of nitrogens with one attached hydrogen (secondary N) is 1. The number of hydrogen-bond acceptors (Lipinski definition) is 4. The number of nitrogens with zero attached hydrogens (tertiary/aromatic N) is 3. The molecule has 1 unspecified atom stereocenters. The lowest BCUT2D eigenvalue weighted by Gasteiger charge is -2.36. The summed E-state index contributed by atoms with van der Waals surface area (Å²) < 4.78 is 43.2. The van der Waals surface area contributed by atoms with Gasteiger partial charge in [0.2, 0.25) is 11.8 Å². The molecule has 0 spiro atoms. The molecule has 220 valence electrons. The molecule has 0 aliphatic rings. The molecule has 0 heterocycles. The Morgan fingerprint density at radius 3 is 2.10 bits per heavy atom. The zero-order valence-corrected chi connectivity index (χ0v) is 25.4. The van der Waals surface area contributed by atoms with Gasteiger partial charge in [-0.2, -0.15) is 12.7 Å². The average Bonchev–Trinajstić information content (AvgIpc) is 2.90. The predicted octanol–water partition coefficient (Wildman–Crippen LogP) is 4.65. The highest BCUT2D eigenvalue weighted by Crippen LogP contribution is 2.25. The first-order valence-corrected chi connectivity index (χ1v) is 14.8. The molecule has 41 heavy (non-hydrogen) atoms. The third kappa shape index (κ3) is 8.51. The van der Waals surface area contributed by atoms with E-state index in [1.807, 2.05) is 51.1 Å². The fourth-order valence-electron chi connectivity index (χ4n) is 4.17. The van der Waals surface area contributed by atoms with E-state index in [0.29, 0.717) is 14.9 Å². The van der Waals surface area contributed by atoms with E-state index in [1.165, 1.54) is 37.2 Å². The Balaban J connectivity index is 2.14. The molecule has 3 aromatic rings. The topological polar surface area (TPSA) is 90.0 Å². The van der Waals surface area contributed by atoms with Crippen molar-refractivity contribution in [1.29, 1.82) is 0 Å². The van der Waals surface area contributed by atoms with Crippen molar-refractivity contribution in [3.63, 3.8) is 0 Å². The molecule has 0 bridgehead atoms. The molecular formula is C30H36ClFN4O4S. The number of para-hydroxylation sites is 1. The van der Waals surface area contributed by atoms with E-state index in [4.69, 9.17) is 11.6 Å². The van der Waals surface area contributed by atoms with Gasteiger partial charge in [-0.3, -0.25) is 9.59 Å². The zero-order valence-electron chi connectivity index (χ0n) is 23.8. The minimum Gasteiger partial charge on any atom is -0.350 e. The van der Waals surface area contributed by atoms with Crippen molar-refractivity contribution < 1.29 is 22.4 Å². The van der Waals surface area contributed by atoms with Gasteiger partial charge in [0.1, 0.15) is 18.4 Å². The Kier molecular flexibility index (Phi) is 10.5. The first kappa shape index (κ1) is 32.0. The van der Waals surface area contributed by atoms with Gasteiger partial charge < -0.3 is 10.2 Å². The molecule has 3 aromatic carbocycles. The summed E-state index contributed by atoms with van der Waals surface area (Å²) in [7, 11) is -1.71. The number of rotatable bonds is 11. The van der Waals surface area contributed by atoms with Gasteiger partial charge in [0.05, 0.1) is 5.69 Å². The van der Waals surface area contributed by atoms with Gasteiger partial charge in [0, 0.05) is 37.6 Å². The van der Waals surface area contributed by atoms with E-state index in [2.05, 4.69) is 5.32 Å². The highest BCUT2D eigenvalue weighted by molar-refractivity contribution is 7.90. The third-order valence-corrected chi connectivity index (χ3v) is 8.38. The number of anilines is 1. The lowest BCUT2D eigenvalue weighted by molar-refractivity contribution is -0.140. The molecular weight excluding hydrogens is 567 g/mol. The van der Waals surface area contributed by atoms with Crippen LogP contribution in [0.4, 0.5) is 10.1 Å². The highest BCUT2D eigenvalue weighted by Gasteiger charge is 2.36. The summed E-state index contributed by atoms with van der Waals surface area (Å²) >= 11 is 6.46. The van der Waals surface area contributed by atoms with Crippen molar-refractivity contribution in [3.05, 3.63) is 101 Å². The molecule has 0 saturated carbocycles. The Morgan fingerprint density at radius 2 is 1.51 bits per heavy atom. The Bertz CT molecular complexity index is 1460. The maximum Gasteiger partial charge on any atom is 0.304 e. The van der Waals surface area contributed by atoms with Crippen molar-refractivity contribution >= 4 is 39.3 Å². The van der Waals surface area contributed by atoms with Crippen LogP contribution in [0.25, 0.3) is 0 Å². The normalized spacial score (nSPS) is 12.6. The van der Waals surface area contributed by atoms with Crippen LogP contribution in [0, 0.1) is 5.82 Å². The van der Waals surface area contributed by atoms with E-state index in [9.17, 15) is 22.4 Å². The molecule has 1 atom stereocenters. The van der Waals surface area contributed by atoms with E-state index in [0.717, 1.165) is 15.9 Å². The first-order chi connectivity index (χ1) is 19.2. The lowest BCUT2D eigenvalue weighted by atomic mass is 10.0. The highest BCUT2D eigenvalue weighted by atomic mass is 35.5. The van der Waals surface area contributed by atoms with E-state index in [-0.39, 0.29) is 18.7 Å². The molecule has 0 aromatic heterocycles. The fraction of sp³-hybridized carbons (Fsp3) is 0.333. The van der Waals surface area contributed by atoms with Gasteiger partial charge in [-0.15, -0.1) is 0 Å². The Labute approximate surface area is 246 Å². The summed E-state index contributed by atoms with van der Waals surface area (Å²) in [5, 5.41) is 3.33. The smallest absolute Gasteiger partial charge is 0.304 e. The molecule has 0 fully saturated rings. The van der Waals surface area contributed by atoms with Gasteiger partial charge in [0.15, 0.2) is 0 Å². The summed E-state index contributed by atoms with van der Waals surface area (Å²) in [4.78, 5) is 29.3. The van der Waals surface area contributed by atoms with Crippen LogP contribution >= 0.6 is 11.6 Å². The van der Waals surface area contributed by atoms with Crippen LogP contribution in [-0.2, 0) is 32.8 Å². The first-order valence-electron chi connectivity index (χ1n) is 13.0. The molecule has 0 aliphatic heterocycles. The summed E-state index contributed by atoms with van der Waals surface area (Å²) in [5.41, 5.74) is 0.465. The molecule has 8 nitrogen and oxygen atoms in total. The zero-order chi connectivity index (χ0) is 30.4. The van der Waals surface area contributed by atoms with Crippen LogP contribution in [-0.4, -0.2) is 61.7 Å². The SMILES string of the molecule is CN(C)S(=O)(=O)N(CC(=O)N(Cc1ccccc1Cl)C(Cc1ccccc1)C(=O)NC(C)(C)C)c1ccccc1F. The monoisotopic (exact) mass is 602 g/mol. The summed E-state index contributed by atoms with van der Waals surface area (Å²) in [6.45, 7) is 4.65. The van der Waals surface area contributed by atoms with Gasteiger partial charge in [-0.25, -0.2) is 8.70 Å². The van der Waals surface area contributed by atoms with Crippen molar-refractivity contribution in [1.82, 2.24) is 14.5 Å². The van der Waals surface area contributed by atoms with Crippen molar-refractivity contribution in [2.24, 2.45) is 0 Å². The number of benzene rings is 3. The Morgan fingerprint density at radius 1 is 0.927 bits per heavy atom. The van der Waals surface area contributed by atoms with Crippen LogP contribution in [0.15, 0.2) is 78.9 Å². The van der Waals surface area contributed by atoms with Crippen LogP contribution in [0.5, 0.6) is 0 Å². The third-order valence-electron chi connectivity index (χ3n) is 6.21. The van der Waals surface area contributed by atoms with Gasteiger partial charge >= 0.3 is 10.2 Å². The van der Waals surface area contributed by atoms with E-state index in [1.54, 1.807) is 24.3 Å². The van der Waals surface area contributed by atoms with E-state index < -0.39 is 46.0 Å². The van der Waals surface area contributed by atoms with Crippen molar-refractivity contribution in [2.45, 2.75) is 45.3 Å². The molecule has 2 amide bonds. The molecule has 1 N–H and O–H groups in total. The van der Waals surface area contributed by atoms with Gasteiger partial charge in [-0.05, 0) is 50.1 Å². The quantitative estimate of drug-likeness (QED) is 0.346. The molecule has 3 rings (SSSR count). The fourth-order valence-corrected chi connectivity index (χ4v) is 5.43. The van der Waals surface area contributed by atoms with Crippen LogP contribution in [0.3, 0.4) is 0 Å². The van der Waals surface area contributed by atoms with Crippen molar-refractivity contribution in [2.75, 3.05) is 24.9 Å². The molecule has 0 saturated heterocycles. The molecule has 0 aliphatic carbocycles. The van der Waals surface area contributed by atoms with Crippen LogP contribution in [0.2, 0.25) is 5.02 Å². The molecule has 0 radical (unpaired) electrons. The second kappa shape index (κ2) is 13.5. The van der Waals surface area contributed by atoms with Gasteiger partial charge in [0.25, 0.3) is 0 Å². The maximum absolute atomic E-state index is 14.9. The number of halogens is 2. The second-order valence-electron chi connectivity index (χ2n) is 10.8. The standard InChI is InChI=1S/C30H36ClFN4O4S/c1-30(2,3)33-29(38)27(19-22-13-7-6-8-14-22)35(20-23-15-9-10-16-24(23)31)28(37)21-36(41(39,40)34(4)5)26-18-12-11-17-25(26)32/h6-18,27H,19-21H2,1-5H3,(H,33,38). The predicted molar refractivity (Wildman–Crippen MR) is 160 cm³/mol. The average molecular weight is 603 g/mol. The number of carbonyl (C=O) groups is 2. The largest absolute Gasteiger partial charge is 0.350 e. The number of hydrogen-bond donors (Lipinski definition) is 1. The second-order valence-corrected chi connectivity index (χ2v) is 13.3. The lowest BCUT2D eigenvalue weighted by Crippen LogP contribution is -2.56. The maximum atomic E-state index is 14.9. The van der Waals surface area contributed by atoms with Crippen molar-refractivity contribution in [3.8, 4) is 0 Å². The minimum atomic E-state index is -4.31. The number of carbonyl (C=O) groups excluding carboxylic acids is 2. The Hall–Kier alpha value is -3.47. The van der Waals surface area contributed by atoms with Gasteiger partial charge in [-0.1, -0.05) is 72.3 Å². The summed E-state index contributed by atoms with van der Waals surface area (Å²) in [6, 6.07) is 20.4.